The van der Waals surface area contributed by atoms with E-state index in [4.69, 9.17) is 5.53 Å². The Labute approximate surface area is 156 Å². The topological polar surface area (TPSA) is 55.0 Å². The zero-order valence-electron chi connectivity index (χ0n) is 15.9. The van der Waals surface area contributed by atoms with E-state index >= 15 is 0 Å². The third-order valence-corrected chi connectivity index (χ3v) is 3.90. The summed E-state index contributed by atoms with van der Waals surface area (Å²) in [6.45, 7) is 8.53. The predicted molar refractivity (Wildman–Crippen MR) is 97.6 cm³/mol. The molecule has 1 heterocycles. The van der Waals surface area contributed by atoms with Crippen molar-refractivity contribution in [1.82, 2.24) is 4.90 Å². The number of unbranched alkanes of at least 4 members (excludes halogenated alkanes) is 6. The number of guanidine groups is 1. The molecular weight excluding hydrogens is 395 g/mol. The van der Waals surface area contributed by atoms with Gasteiger partial charge in [0.2, 0.25) is 0 Å². The molecule has 0 aromatic heterocycles. The van der Waals surface area contributed by atoms with Crippen LogP contribution in [0.1, 0.15) is 65.2 Å². The van der Waals surface area contributed by atoms with Crippen molar-refractivity contribution >= 4 is 13.8 Å². The van der Waals surface area contributed by atoms with E-state index in [9.17, 15) is 25.2 Å². The van der Waals surface area contributed by atoms with Crippen molar-refractivity contribution < 1.29 is 29.8 Å². The van der Waals surface area contributed by atoms with Gasteiger partial charge in [0.15, 0.2) is 0 Å². The van der Waals surface area contributed by atoms with Crippen LogP contribution in [0.25, 0.3) is 10.4 Å². The first kappa shape index (κ1) is 25.8. The Kier molecular flexibility index (Phi) is 9.90. The maximum absolute atomic E-state index is 10.7. The molecule has 0 radical (unpaired) electrons. The molecule has 0 unspecified atom stereocenters. The summed E-state index contributed by atoms with van der Waals surface area (Å²) in [5.74, 6) is 0.862. The molecule has 0 aromatic rings. The molecule has 162 valence electrons. The Morgan fingerprint density at radius 1 is 0.963 bits per heavy atom. The van der Waals surface area contributed by atoms with Gasteiger partial charge in [-0.1, -0.05) is 52.4 Å². The van der Waals surface area contributed by atoms with Gasteiger partial charge in [-0.2, -0.15) is 0 Å². The number of hydrogen-bond acceptors (Lipinski definition) is 2. The number of nitrogens with zero attached hydrogens (tertiary/aromatic N) is 5. The van der Waals surface area contributed by atoms with Gasteiger partial charge in [-0.05, 0) is 18.4 Å². The average molecular weight is 425 g/mol. The van der Waals surface area contributed by atoms with E-state index in [1.54, 1.807) is 0 Å². The van der Waals surface area contributed by atoms with E-state index in [0.29, 0.717) is 0 Å². The van der Waals surface area contributed by atoms with E-state index in [1.807, 2.05) is 0 Å². The van der Waals surface area contributed by atoms with Crippen LogP contribution >= 0.6 is 7.81 Å². The van der Waals surface area contributed by atoms with Crippen molar-refractivity contribution in [3.63, 3.8) is 0 Å². The molecule has 12 heteroatoms. The number of hydrogen-bond donors (Lipinski definition) is 0. The molecule has 0 saturated heterocycles. The van der Waals surface area contributed by atoms with Crippen LogP contribution in [-0.4, -0.2) is 41.6 Å². The van der Waals surface area contributed by atoms with E-state index in [1.165, 1.54) is 51.4 Å². The molecule has 5 nitrogen and oxygen atoms in total. The molecule has 0 fully saturated rings. The molecule has 1 rings (SSSR count). The molecule has 0 aliphatic carbocycles. The van der Waals surface area contributed by atoms with Crippen LogP contribution < -0.4 is 0 Å². The second-order valence-electron chi connectivity index (χ2n) is 6.54. The monoisotopic (exact) mass is 425 g/mol. The summed E-state index contributed by atoms with van der Waals surface area (Å²) in [5, 5.41) is 3.93. The summed E-state index contributed by atoms with van der Waals surface area (Å²) >= 11 is 0. The van der Waals surface area contributed by atoms with Crippen molar-refractivity contribution in [2.75, 3.05) is 26.2 Å². The van der Waals surface area contributed by atoms with Crippen LogP contribution in [0.5, 0.6) is 0 Å². The number of rotatable bonds is 10. The van der Waals surface area contributed by atoms with E-state index in [-0.39, 0.29) is 0 Å². The van der Waals surface area contributed by atoms with Crippen molar-refractivity contribution in [3.8, 4) is 0 Å². The van der Waals surface area contributed by atoms with Crippen LogP contribution in [-0.2, 0) is 0 Å². The molecule has 27 heavy (non-hydrogen) atoms. The molecule has 1 aliphatic rings. The van der Waals surface area contributed by atoms with Gasteiger partial charge in [0, 0.05) is 10.0 Å². The minimum absolute atomic E-state index is 0.862. The van der Waals surface area contributed by atoms with Gasteiger partial charge >= 0.3 is 33.0 Å². The summed E-state index contributed by atoms with van der Waals surface area (Å²) in [6.07, 6.45) is 10.0. The van der Waals surface area contributed by atoms with Crippen molar-refractivity contribution in [3.05, 3.63) is 10.4 Å². The van der Waals surface area contributed by atoms with Gasteiger partial charge in [-0.25, -0.2) is 0 Å². The maximum atomic E-state index is 9.87. The zero-order chi connectivity index (χ0) is 21.0. The van der Waals surface area contributed by atoms with Gasteiger partial charge in [0.1, 0.15) is 0 Å². The Hall–Kier alpha value is -1.21. The third-order valence-electron chi connectivity index (χ3n) is 3.90. The summed E-state index contributed by atoms with van der Waals surface area (Å²) in [6, 6.07) is 0. The van der Waals surface area contributed by atoms with Crippen molar-refractivity contribution in [2.24, 2.45) is 5.11 Å². The molecule has 1 aliphatic heterocycles. The van der Waals surface area contributed by atoms with Crippen LogP contribution in [0.3, 0.4) is 0 Å². The van der Waals surface area contributed by atoms with E-state index in [0.717, 1.165) is 32.1 Å². The van der Waals surface area contributed by atoms with Crippen molar-refractivity contribution in [2.45, 2.75) is 65.2 Å². The van der Waals surface area contributed by atoms with Crippen LogP contribution in [0.15, 0.2) is 5.11 Å². The third kappa shape index (κ3) is 17.9. The van der Waals surface area contributed by atoms with Gasteiger partial charge in [-0.15, -0.1) is 0 Å². The molecule has 0 aromatic carbocycles. The van der Waals surface area contributed by atoms with Gasteiger partial charge in [0.05, 0.1) is 26.2 Å². The second-order valence-corrected chi connectivity index (χ2v) is 8.46. The SMILES string of the molecule is CCCCCCN1CC[N+](CCCCCC)=C1N=[N+]=[N-].F[P-](F)(F)(F)(F)F. The Morgan fingerprint density at radius 2 is 1.48 bits per heavy atom. The molecule has 0 saturated carbocycles. The first-order chi connectivity index (χ1) is 12.3. The van der Waals surface area contributed by atoms with Gasteiger partial charge in [-0.3, -0.25) is 9.48 Å². The first-order valence-electron chi connectivity index (χ1n) is 9.26. The van der Waals surface area contributed by atoms with Crippen LogP contribution in [0, 0.1) is 0 Å². The molecular formula is C15H30F6N5P. The Morgan fingerprint density at radius 3 is 1.96 bits per heavy atom. The Bertz CT molecular complexity index is 516. The number of halogens is 6. The molecule has 0 atom stereocenters. The average Bonchev–Trinajstić information content (AvgIpc) is 2.88. The van der Waals surface area contributed by atoms with Crippen LogP contribution in [0.2, 0.25) is 0 Å². The van der Waals surface area contributed by atoms with E-state index in [2.05, 4.69) is 33.3 Å². The summed E-state index contributed by atoms with van der Waals surface area (Å²) < 4.78 is 61.5. The number of azide groups is 1. The fraction of sp³-hybridized carbons (Fsp3) is 0.933. The van der Waals surface area contributed by atoms with Crippen molar-refractivity contribution in [1.29, 1.82) is 0 Å². The van der Waals surface area contributed by atoms with E-state index < -0.39 is 7.81 Å². The summed E-state index contributed by atoms with van der Waals surface area (Å²) in [7, 11) is -10.7. The Balaban J connectivity index is 0.000000821. The van der Waals surface area contributed by atoms with Crippen LogP contribution in [0.4, 0.5) is 25.2 Å². The quantitative estimate of drug-likeness (QED) is 0.0679. The second kappa shape index (κ2) is 10.4. The standard InChI is InChI=1S/C15H30N5.F6P/c1-3-5-7-9-11-19-13-14-20(15(19)17-18-16)12-10-8-6-4-2;1-7(2,3,4,5)6/h3-14H2,1-2H3;/q+1;-1. The molecule has 0 bridgehead atoms. The molecule has 0 spiro atoms. The van der Waals surface area contributed by atoms with Gasteiger partial charge in [0.25, 0.3) is 5.96 Å². The normalized spacial score (nSPS) is 17.0. The zero-order valence-corrected chi connectivity index (χ0v) is 16.8. The summed E-state index contributed by atoms with van der Waals surface area (Å²) in [5.41, 5.74) is 8.77. The molecule has 0 amide bonds. The summed E-state index contributed by atoms with van der Waals surface area (Å²) in [4.78, 5) is 5.27. The predicted octanol–water partition coefficient (Wildman–Crippen LogP) is 7.52. The first-order valence-corrected chi connectivity index (χ1v) is 11.3. The fourth-order valence-corrected chi connectivity index (χ4v) is 2.69. The molecule has 0 N–H and O–H groups in total. The van der Waals surface area contributed by atoms with Gasteiger partial charge < -0.3 is 0 Å². The fourth-order valence-electron chi connectivity index (χ4n) is 2.69. The minimum atomic E-state index is -10.7.